The molecule has 0 spiro atoms. The molecule has 38 heavy (non-hydrogen) atoms. The Morgan fingerprint density at radius 2 is 1.82 bits per heavy atom. The second-order valence-electron chi connectivity index (χ2n) is 9.81. The van der Waals surface area contributed by atoms with Gasteiger partial charge in [-0.3, -0.25) is 4.79 Å². The van der Waals surface area contributed by atoms with Crippen molar-refractivity contribution < 1.29 is 17.6 Å². The number of nitrogens with one attached hydrogen (secondary N) is 2. The Labute approximate surface area is 220 Å². The molecule has 0 aliphatic heterocycles. The fourth-order valence-electron chi connectivity index (χ4n) is 4.31. The van der Waals surface area contributed by atoms with Gasteiger partial charge in [-0.25, -0.2) is 26.7 Å². The molecule has 0 unspecified atom stereocenters. The minimum Gasteiger partial charge on any atom is -0.345 e. The number of amides is 1. The highest BCUT2D eigenvalue weighted by Gasteiger charge is 2.24. The number of pyridine rings is 1. The number of halogens is 1. The molecule has 2 aromatic carbocycles. The third-order valence-corrected chi connectivity index (χ3v) is 8.53. The predicted octanol–water partition coefficient (Wildman–Crippen LogP) is 5.36. The molecule has 0 fully saturated rings. The lowest BCUT2D eigenvalue weighted by Crippen LogP contribution is -2.24. The van der Waals surface area contributed by atoms with Crippen LogP contribution in [0, 0.1) is 5.82 Å². The summed E-state index contributed by atoms with van der Waals surface area (Å²) in [4.78, 5) is 25.3. The van der Waals surface area contributed by atoms with Crippen LogP contribution < -0.4 is 5.32 Å². The Hall–Kier alpha value is -4.05. The molecule has 10 heteroatoms. The molecule has 5 rings (SSSR count). The summed E-state index contributed by atoms with van der Waals surface area (Å²) in [6, 6.07) is 15.4. The quantitative estimate of drug-likeness (QED) is 0.293. The normalized spacial score (nSPS) is 12.2. The molecule has 0 saturated heterocycles. The zero-order valence-corrected chi connectivity index (χ0v) is 22.3. The Morgan fingerprint density at radius 3 is 2.55 bits per heavy atom. The number of carbonyl (C=O) groups is 1. The van der Waals surface area contributed by atoms with Crippen LogP contribution in [0.5, 0.6) is 0 Å². The van der Waals surface area contributed by atoms with E-state index in [0.717, 1.165) is 5.56 Å². The van der Waals surface area contributed by atoms with Crippen molar-refractivity contribution in [2.24, 2.45) is 0 Å². The topological polar surface area (TPSA) is 110 Å². The molecule has 3 heterocycles. The summed E-state index contributed by atoms with van der Waals surface area (Å²) in [5.74, 6) is -0.0815. The van der Waals surface area contributed by atoms with Gasteiger partial charge in [0.25, 0.3) is 5.91 Å². The summed E-state index contributed by atoms with van der Waals surface area (Å²) in [5, 5.41) is 2.71. The van der Waals surface area contributed by atoms with E-state index in [1.54, 1.807) is 44.2 Å². The summed E-state index contributed by atoms with van der Waals surface area (Å²) in [7, 11) is -3.65. The van der Waals surface area contributed by atoms with Gasteiger partial charge in [-0.1, -0.05) is 32.0 Å². The van der Waals surface area contributed by atoms with Gasteiger partial charge in [0.15, 0.2) is 5.65 Å². The molecular weight excluding hydrogens is 505 g/mol. The molecule has 3 aromatic heterocycles. The van der Waals surface area contributed by atoms with Crippen molar-refractivity contribution in [2.75, 3.05) is 0 Å². The number of H-pyrrole nitrogens is 1. The Bertz CT molecular complexity index is 1790. The van der Waals surface area contributed by atoms with Crippen LogP contribution in [-0.2, 0) is 16.6 Å². The molecule has 0 aliphatic rings. The van der Waals surface area contributed by atoms with Crippen LogP contribution in [0.2, 0.25) is 0 Å². The number of benzene rings is 2. The van der Waals surface area contributed by atoms with Crippen molar-refractivity contribution in [1.29, 1.82) is 0 Å². The van der Waals surface area contributed by atoms with Crippen molar-refractivity contribution in [3.63, 3.8) is 0 Å². The van der Waals surface area contributed by atoms with Crippen molar-refractivity contribution in [3.05, 3.63) is 83.6 Å². The molecule has 0 saturated carbocycles. The van der Waals surface area contributed by atoms with Gasteiger partial charge < -0.3 is 10.3 Å². The lowest BCUT2D eigenvalue weighted by Gasteiger charge is -2.09. The molecule has 1 amide bonds. The van der Waals surface area contributed by atoms with E-state index in [9.17, 15) is 17.6 Å². The van der Waals surface area contributed by atoms with Crippen LogP contribution in [0.4, 0.5) is 4.39 Å². The number of fused-ring (bicyclic) bond motifs is 2. The standard InChI is InChI=1S/C28H28FN5O3S/c1-16(2)18-11-19(13-20(29)12-18)23-9-10-24-27(32-23)33-26(31-24)14-30-28(35)22-15-34(38(36,37)17(3)4)25-8-6-5-7-21(22)25/h5-13,15-17H,14H2,1-4H3,(H,30,35)(H,31,32,33). The first-order valence-corrected chi connectivity index (χ1v) is 13.8. The number of hydrogen-bond acceptors (Lipinski definition) is 5. The summed E-state index contributed by atoms with van der Waals surface area (Å²) in [6.45, 7) is 7.29. The number of carbonyl (C=O) groups excluding carboxylic acids is 1. The van der Waals surface area contributed by atoms with Gasteiger partial charge in [0.05, 0.1) is 34.1 Å². The second kappa shape index (κ2) is 9.68. The number of imidazole rings is 1. The zero-order valence-electron chi connectivity index (χ0n) is 21.5. The highest BCUT2D eigenvalue weighted by Crippen LogP contribution is 2.27. The highest BCUT2D eigenvalue weighted by molar-refractivity contribution is 7.90. The minimum absolute atomic E-state index is 0.0818. The monoisotopic (exact) mass is 533 g/mol. The maximum Gasteiger partial charge on any atom is 0.253 e. The molecule has 0 aliphatic carbocycles. The Morgan fingerprint density at radius 1 is 1.05 bits per heavy atom. The maximum atomic E-state index is 14.2. The maximum absolute atomic E-state index is 14.2. The Balaban J connectivity index is 1.40. The molecule has 8 nitrogen and oxygen atoms in total. The zero-order chi connectivity index (χ0) is 27.2. The van der Waals surface area contributed by atoms with Crippen molar-refractivity contribution in [2.45, 2.75) is 45.4 Å². The van der Waals surface area contributed by atoms with Gasteiger partial charge in [0.2, 0.25) is 10.0 Å². The largest absolute Gasteiger partial charge is 0.345 e. The average Bonchev–Trinajstić information content (AvgIpc) is 3.48. The van der Waals surface area contributed by atoms with Crippen LogP contribution in [0.15, 0.2) is 60.8 Å². The summed E-state index contributed by atoms with van der Waals surface area (Å²) in [6.07, 6.45) is 1.37. The van der Waals surface area contributed by atoms with Gasteiger partial charge in [0.1, 0.15) is 11.6 Å². The van der Waals surface area contributed by atoms with Gasteiger partial charge in [-0.15, -0.1) is 0 Å². The number of aromatic amines is 1. The molecular formula is C28H28FN5O3S. The van der Waals surface area contributed by atoms with Crippen LogP contribution in [0.25, 0.3) is 33.3 Å². The fraction of sp³-hybridized carbons (Fsp3) is 0.250. The van der Waals surface area contributed by atoms with Gasteiger partial charge >= 0.3 is 0 Å². The number of aromatic nitrogens is 4. The third-order valence-electron chi connectivity index (χ3n) is 6.49. The number of para-hydroxylation sites is 1. The molecule has 0 bridgehead atoms. The van der Waals surface area contributed by atoms with E-state index in [2.05, 4.69) is 20.3 Å². The number of hydrogen-bond donors (Lipinski definition) is 2. The molecule has 0 atom stereocenters. The summed E-state index contributed by atoms with van der Waals surface area (Å²) < 4.78 is 41.1. The fourth-order valence-corrected chi connectivity index (χ4v) is 5.45. The third kappa shape index (κ3) is 4.67. The Kier molecular flexibility index (Phi) is 6.52. The molecule has 0 radical (unpaired) electrons. The van der Waals surface area contributed by atoms with E-state index in [4.69, 9.17) is 0 Å². The first kappa shape index (κ1) is 25.6. The smallest absolute Gasteiger partial charge is 0.253 e. The number of rotatable bonds is 7. The minimum atomic E-state index is -3.65. The summed E-state index contributed by atoms with van der Waals surface area (Å²) >= 11 is 0. The van der Waals surface area contributed by atoms with Crippen molar-refractivity contribution >= 4 is 38.0 Å². The molecule has 5 aromatic rings. The van der Waals surface area contributed by atoms with E-state index in [0.29, 0.717) is 39.1 Å². The first-order valence-electron chi connectivity index (χ1n) is 12.3. The number of nitrogens with zero attached hydrogens (tertiary/aromatic N) is 3. The lowest BCUT2D eigenvalue weighted by molar-refractivity contribution is 0.0951. The van der Waals surface area contributed by atoms with E-state index >= 15 is 0 Å². The predicted molar refractivity (Wildman–Crippen MR) is 146 cm³/mol. The summed E-state index contributed by atoms with van der Waals surface area (Å²) in [5.41, 5.74) is 3.98. The average molecular weight is 534 g/mol. The van der Waals surface area contributed by atoms with Crippen molar-refractivity contribution in [1.82, 2.24) is 24.2 Å². The van der Waals surface area contributed by atoms with E-state index in [1.807, 2.05) is 26.0 Å². The lowest BCUT2D eigenvalue weighted by atomic mass is 9.99. The van der Waals surface area contributed by atoms with E-state index in [1.165, 1.54) is 22.3 Å². The van der Waals surface area contributed by atoms with Crippen LogP contribution in [0.3, 0.4) is 0 Å². The van der Waals surface area contributed by atoms with Gasteiger partial charge in [-0.2, -0.15) is 0 Å². The molecule has 2 N–H and O–H groups in total. The second-order valence-corrected chi connectivity index (χ2v) is 12.2. The van der Waals surface area contributed by atoms with E-state index in [-0.39, 0.29) is 23.8 Å². The first-order chi connectivity index (χ1) is 18.0. The van der Waals surface area contributed by atoms with Crippen molar-refractivity contribution in [3.8, 4) is 11.3 Å². The van der Waals surface area contributed by atoms with Crippen LogP contribution in [0.1, 0.15) is 55.4 Å². The SMILES string of the molecule is CC(C)c1cc(F)cc(-c2ccc3[nH]c(CNC(=O)c4cn(S(=O)(=O)C(C)C)c5ccccc45)nc3n2)c1. The van der Waals surface area contributed by atoms with Crippen LogP contribution >= 0.6 is 0 Å². The molecule has 196 valence electrons. The van der Waals surface area contributed by atoms with Gasteiger partial charge in [-0.05, 0) is 61.7 Å². The van der Waals surface area contributed by atoms with Crippen LogP contribution in [-0.4, -0.2) is 38.5 Å². The van der Waals surface area contributed by atoms with Gasteiger partial charge in [0, 0.05) is 17.1 Å². The highest BCUT2D eigenvalue weighted by atomic mass is 32.2. The van der Waals surface area contributed by atoms with E-state index < -0.39 is 21.2 Å².